The average Bonchev–Trinajstić information content (AvgIpc) is 2.95. The van der Waals surface area contributed by atoms with Crippen molar-refractivity contribution in [3.8, 4) is 0 Å². The lowest BCUT2D eigenvalue weighted by Gasteiger charge is -2.21. The van der Waals surface area contributed by atoms with Crippen molar-refractivity contribution in [2.45, 2.75) is 47.0 Å². The molecule has 27 heavy (non-hydrogen) atoms. The van der Waals surface area contributed by atoms with Crippen molar-refractivity contribution in [2.24, 2.45) is 5.92 Å². The summed E-state index contributed by atoms with van der Waals surface area (Å²) < 4.78 is 5.37. The molecule has 1 heterocycles. The zero-order chi connectivity index (χ0) is 20.1. The summed E-state index contributed by atoms with van der Waals surface area (Å²) in [4.78, 5) is 39.9. The van der Waals surface area contributed by atoms with Gasteiger partial charge in [0.1, 0.15) is 0 Å². The smallest absolute Gasteiger partial charge is 0.314 e. The lowest BCUT2D eigenvalue weighted by molar-refractivity contribution is -0.145. The quantitative estimate of drug-likeness (QED) is 0.553. The van der Waals surface area contributed by atoms with Gasteiger partial charge in [-0.3, -0.25) is 14.4 Å². The molecule has 0 bridgehead atoms. The summed E-state index contributed by atoms with van der Waals surface area (Å²) in [5.41, 5.74) is 2.98. The zero-order valence-corrected chi connectivity index (χ0v) is 16.6. The fourth-order valence-electron chi connectivity index (χ4n) is 3.45. The van der Waals surface area contributed by atoms with Gasteiger partial charge in [-0.1, -0.05) is 50.6 Å². The number of hydrogen-bond donors (Lipinski definition) is 1. The third-order valence-corrected chi connectivity index (χ3v) is 5.04. The molecule has 0 aliphatic heterocycles. The van der Waals surface area contributed by atoms with E-state index in [1.165, 1.54) is 6.92 Å². The van der Waals surface area contributed by atoms with Crippen molar-refractivity contribution in [3.63, 3.8) is 0 Å². The number of carbonyl (C=O) groups is 3. The monoisotopic (exact) mass is 369 g/mol. The minimum Gasteiger partial charge on any atom is -0.457 e. The van der Waals surface area contributed by atoms with E-state index in [1.54, 1.807) is 13.8 Å². The largest absolute Gasteiger partial charge is 0.457 e. The van der Waals surface area contributed by atoms with Crippen LogP contribution < -0.4 is 0 Å². The van der Waals surface area contributed by atoms with Crippen molar-refractivity contribution >= 4 is 17.5 Å². The van der Waals surface area contributed by atoms with E-state index >= 15 is 0 Å². The van der Waals surface area contributed by atoms with Gasteiger partial charge in [-0.05, 0) is 37.8 Å². The molecule has 1 aromatic heterocycles. The number of aromatic nitrogens is 1. The Morgan fingerprint density at radius 1 is 1.11 bits per heavy atom. The summed E-state index contributed by atoms with van der Waals surface area (Å²) in [7, 11) is 0. The van der Waals surface area contributed by atoms with Crippen LogP contribution in [0.2, 0.25) is 0 Å². The summed E-state index contributed by atoms with van der Waals surface area (Å²) >= 11 is 0. The summed E-state index contributed by atoms with van der Waals surface area (Å²) in [6.45, 7) is 8.61. The Hall–Kier alpha value is -2.69. The first-order chi connectivity index (χ1) is 12.8. The second kappa shape index (κ2) is 8.80. The van der Waals surface area contributed by atoms with E-state index in [-0.39, 0.29) is 24.1 Å². The molecular weight excluding hydrogens is 342 g/mol. The third kappa shape index (κ3) is 4.54. The molecule has 0 unspecified atom stereocenters. The number of aryl methyl sites for hydroxylation is 1. The van der Waals surface area contributed by atoms with Gasteiger partial charge in [-0.25, -0.2) is 0 Å². The number of nitrogens with one attached hydrogen (secondary N) is 1. The van der Waals surface area contributed by atoms with E-state index in [1.807, 2.05) is 44.2 Å². The van der Waals surface area contributed by atoms with Crippen molar-refractivity contribution < 1.29 is 19.1 Å². The molecule has 0 spiro atoms. The standard InChI is InChI=1S/C22H27NO4/c1-6-13(2)19(17-10-8-7-9-11-17)22(26)27-12-18(25)21-14(3)20(16(5)24)15(4)23-21/h7-11,13,19,23H,6,12H2,1-5H3/t13-,19-/m0/s1. The van der Waals surface area contributed by atoms with Crippen molar-refractivity contribution in [1.82, 2.24) is 4.98 Å². The lowest BCUT2D eigenvalue weighted by Crippen LogP contribution is -2.25. The molecule has 0 fully saturated rings. The molecule has 0 aliphatic carbocycles. The van der Waals surface area contributed by atoms with Crippen LogP contribution in [-0.2, 0) is 9.53 Å². The summed E-state index contributed by atoms with van der Waals surface area (Å²) in [5.74, 6) is -1.17. The molecule has 2 rings (SSSR count). The van der Waals surface area contributed by atoms with Crippen LogP contribution in [0.5, 0.6) is 0 Å². The zero-order valence-electron chi connectivity index (χ0n) is 16.6. The molecule has 0 radical (unpaired) electrons. The predicted molar refractivity (Wildman–Crippen MR) is 104 cm³/mol. The van der Waals surface area contributed by atoms with E-state index in [9.17, 15) is 14.4 Å². The van der Waals surface area contributed by atoms with Crippen molar-refractivity contribution in [1.29, 1.82) is 0 Å². The maximum absolute atomic E-state index is 12.7. The highest BCUT2D eigenvalue weighted by Crippen LogP contribution is 2.28. The maximum Gasteiger partial charge on any atom is 0.314 e. The highest BCUT2D eigenvalue weighted by molar-refractivity contribution is 6.04. The SMILES string of the molecule is CC[C@H](C)[C@H](C(=O)OCC(=O)c1[nH]c(C)c(C(C)=O)c1C)c1ccccc1. The van der Waals surface area contributed by atoms with E-state index in [0.717, 1.165) is 12.0 Å². The summed E-state index contributed by atoms with van der Waals surface area (Å²) in [6.07, 6.45) is 0.819. The van der Waals surface area contributed by atoms with Crippen LogP contribution in [0.1, 0.15) is 70.8 Å². The molecule has 0 saturated carbocycles. The van der Waals surface area contributed by atoms with Gasteiger partial charge in [0.25, 0.3) is 0 Å². The van der Waals surface area contributed by atoms with E-state index in [2.05, 4.69) is 4.98 Å². The van der Waals surface area contributed by atoms with Gasteiger partial charge in [0.2, 0.25) is 5.78 Å². The fraction of sp³-hybridized carbons (Fsp3) is 0.409. The topological polar surface area (TPSA) is 76.2 Å². The van der Waals surface area contributed by atoms with Gasteiger partial charge in [0, 0.05) is 11.3 Å². The normalized spacial score (nSPS) is 13.1. The number of esters is 1. The number of Topliss-reactive ketones (excluding diaryl/α,β-unsaturated/α-hetero) is 2. The molecular formula is C22H27NO4. The fourth-order valence-corrected chi connectivity index (χ4v) is 3.45. The van der Waals surface area contributed by atoms with E-state index < -0.39 is 11.9 Å². The number of ether oxygens (including phenoxy) is 1. The molecule has 2 atom stereocenters. The Morgan fingerprint density at radius 2 is 1.74 bits per heavy atom. The first kappa shape index (κ1) is 20.6. The first-order valence-corrected chi connectivity index (χ1v) is 9.22. The Labute approximate surface area is 160 Å². The van der Waals surface area contributed by atoms with Gasteiger partial charge in [0.15, 0.2) is 12.4 Å². The average molecular weight is 369 g/mol. The molecule has 2 aromatic rings. The van der Waals surface area contributed by atoms with Gasteiger partial charge in [0.05, 0.1) is 11.6 Å². The molecule has 0 amide bonds. The summed E-state index contributed by atoms with van der Waals surface area (Å²) in [5, 5.41) is 0. The van der Waals surface area contributed by atoms with Crippen LogP contribution in [0.4, 0.5) is 0 Å². The number of benzene rings is 1. The number of aromatic amines is 1. The van der Waals surface area contributed by atoms with Crippen LogP contribution in [0.15, 0.2) is 30.3 Å². The molecule has 5 heteroatoms. The highest BCUT2D eigenvalue weighted by Gasteiger charge is 2.28. The Kier molecular flexibility index (Phi) is 6.72. The minimum absolute atomic E-state index is 0.0915. The van der Waals surface area contributed by atoms with Gasteiger partial charge >= 0.3 is 5.97 Å². The van der Waals surface area contributed by atoms with E-state index in [0.29, 0.717) is 22.5 Å². The molecule has 0 aliphatic rings. The number of carbonyl (C=O) groups excluding carboxylic acids is 3. The van der Waals surface area contributed by atoms with Crippen LogP contribution in [0, 0.1) is 19.8 Å². The second-order valence-corrected chi connectivity index (χ2v) is 6.99. The second-order valence-electron chi connectivity index (χ2n) is 6.99. The van der Waals surface area contributed by atoms with E-state index in [4.69, 9.17) is 4.74 Å². The van der Waals surface area contributed by atoms with Crippen molar-refractivity contribution in [2.75, 3.05) is 6.61 Å². The van der Waals surface area contributed by atoms with Crippen LogP contribution >= 0.6 is 0 Å². The lowest BCUT2D eigenvalue weighted by atomic mass is 9.85. The maximum atomic E-state index is 12.7. The number of ketones is 2. The Bertz CT molecular complexity index is 835. The Balaban J connectivity index is 2.15. The predicted octanol–water partition coefficient (Wildman–Crippen LogP) is 4.39. The molecule has 1 N–H and O–H groups in total. The molecule has 0 saturated heterocycles. The van der Waals surface area contributed by atoms with Gasteiger partial charge in [-0.15, -0.1) is 0 Å². The van der Waals surface area contributed by atoms with Crippen LogP contribution in [0.25, 0.3) is 0 Å². The molecule has 144 valence electrons. The van der Waals surface area contributed by atoms with Gasteiger partial charge < -0.3 is 9.72 Å². The van der Waals surface area contributed by atoms with Crippen molar-refractivity contribution in [3.05, 3.63) is 58.4 Å². The minimum atomic E-state index is -0.414. The first-order valence-electron chi connectivity index (χ1n) is 9.22. The van der Waals surface area contributed by atoms with Crippen LogP contribution in [0.3, 0.4) is 0 Å². The summed E-state index contributed by atoms with van der Waals surface area (Å²) in [6, 6.07) is 9.47. The number of rotatable bonds is 8. The molecule has 1 aromatic carbocycles. The number of H-pyrrole nitrogens is 1. The van der Waals surface area contributed by atoms with Crippen LogP contribution in [-0.4, -0.2) is 29.1 Å². The number of hydrogen-bond acceptors (Lipinski definition) is 4. The third-order valence-electron chi connectivity index (χ3n) is 5.04. The molecule has 5 nitrogen and oxygen atoms in total. The Morgan fingerprint density at radius 3 is 2.26 bits per heavy atom. The van der Waals surface area contributed by atoms with Gasteiger partial charge in [-0.2, -0.15) is 0 Å². The highest BCUT2D eigenvalue weighted by atomic mass is 16.5.